The molecular formula is C17H23N3O4S. The van der Waals surface area contributed by atoms with E-state index >= 15 is 0 Å². The number of amides is 4. The highest BCUT2D eigenvalue weighted by Gasteiger charge is 2.38. The van der Waals surface area contributed by atoms with Crippen molar-refractivity contribution in [2.24, 2.45) is 0 Å². The molecule has 0 radical (unpaired) electrons. The molecule has 1 unspecified atom stereocenters. The van der Waals surface area contributed by atoms with Gasteiger partial charge in [0.05, 0.1) is 6.54 Å². The van der Waals surface area contributed by atoms with Crippen LogP contribution in [0.5, 0.6) is 5.75 Å². The molecule has 1 atom stereocenters. The topological polar surface area (TPSA) is 87.7 Å². The first kappa shape index (κ1) is 19.1. The lowest BCUT2D eigenvalue weighted by Crippen LogP contribution is -2.42. The Morgan fingerprint density at radius 1 is 1.40 bits per heavy atom. The maximum Gasteiger partial charge on any atom is 0.325 e. The van der Waals surface area contributed by atoms with E-state index < -0.39 is 12.1 Å². The van der Waals surface area contributed by atoms with Crippen molar-refractivity contribution in [3.05, 3.63) is 29.8 Å². The minimum Gasteiger partial charge on any atom is -0.492 e. The molecule has 2 rings (SSSR count). The van der Waals surface area contributed by atoms with Crippen molar-refractivity contribution in [1.29, 1.82) is 0 Å². The zero-order valence-corrected chi connectivity index (χ0v) is 15.2. The number of carbonyl (C=O) groups excluding carboxylic acids is 3. The third-order valence-corrected chi connectivity index (χ3v) is 4.35. The van der Waals surface area contributed by atoms with Crippen molar-refractivity contribution in [3.63, 3.8) is 0 Å². The fraction of sp³-hybridized carbons (Fsp3) is 0.471. The molecular weight excluding hydrogens is 342 g/mol. The van der Waals surface area contributed by atoms with Crippen LogP contribution in [0.1, 0.15) is 12.0 Å². The van der Waals surface area contributed by atoms with Gasteiger partial charge < -0.3 is 15.4 Å². The lowest BCUT2D eigenvalue weighted by molar-refractivity contribution is -0.132. The first-order valence-corrected chi connectivity index (χ1v) is 9.47. The molecule has 0 aliphatic carbocycles. The number of thioether (sulfide) groups is 1. The van der Waals surface area contributed by atoms with Crippen molar-refractivity contribution in [2.45, 2.75) is 19.4 Å². The summed E-state index contributed by atoms with van der Waals surface area (Å²) in [5.74, 6) is 0.777. The first-order chi connectivity index (χ1) is 12.0. The molecule has 8 heteroatoms. The molecule has 0 spiro atoms. The molecule has 1 aromatic rings. The van der Waals surface area contributed by atoms with E-state index in [1.165, 1.54) is 0 Å². The van der Waals surface area contributed by atoms with E-state index in [0.29, 0.717) is 19.6 Å². The van der Waals surface area contributed by atoms with Gasteiger partial charge in [-0.1, -0.05) is 12.1 Å². The lowest BCUT2D eigenvalue weighted by Gasteiger charge is -2.13. The monoisotopic (exact) mass is 365 g/mol. The van der Waals surface area contributed by atoms with Gasteiger partial charge in [-0.05, 0) is 43.0 Å². The number of benzene rings is 1. The second-order valence-electron chi connectivity index (χ2n) is 5.72. The predicted octanol–water partition coefficient (Wildman–Crippen LogP) is 1.16. The summed E-state index contributed by atoms with van der Waals surface area (Å²) in [5, 5.41) is 5.26. The Morgan fingerprint density at radius 3 is 2.92 bits per heavy atom. The van der Waals surface area contributed by atoms with Gasteiger partial charge in [-0.25, -0.2) is 4.79 Å². The molecule has 0 saturated carbocycles. The smallest absolute Gasteiger partial charge is 0.325 e. The largest absolute Gasteiger partial charge is 0.492 e. The normalized spacial score (nSPS) is 16.7. The van der Waals surface area contributed by atoms with Crippen LogP contribution < -0.4 is 15.4 Å². The molecule has 2 N–H and O–H groups in total. The number of aryl methyl sites for hydroxylation is 1. The summed E-state index contributed by atoms with van der Waals surface area (Å²) in [7, 11) is 0. The van der Waals surface area contributed by atoms with Crippen LogP contribution >= 0.6 is 11.8 Å². The maximum absolute atomic E-state index is 12.1. The maximum atomic E-state index is 12.1. The molecule has 0 bridgehead atoms. The Morgan fingerprint density at radius 2 is 2.20 bits per heavy atom. The SMILES string of the molecule is CSCCC1NC(=O)N(CC(=O)NCCOc2cccc(C)c2)C1=O. The van der Waals surface area contributed by atoms with Crippen LogP contribution in [0.4, 0.5) is 4.79 Å². The van der Waals surface area contributed by atoms with E-state index in [9.17, 15) is 14.4 Å². The van der Waals surface area contributed by atoms with E-state index in [2.05, 4.69) is 10.6 Å². The van der Waals surface area contributed by atoms with Crippen LogP contribution in [-0.2, 0) is 9.59 Å². The molecule has 1 aliphatic heterocycles. The molecule has 136 valence electrons. The Hall–Kier alpha value is -2.22. The summed E-state index contributed by atoms with van der Waals surface area (Å²) in [4.78, 5) is 36.8. The first-order valence-electron chi connectivity index (χ1n) is 8.08. The van der Waals surface area contributed by atoms with Crippen LogP contribution in [0, 0.1) is 6.92 Å². The predicted molar refractivity (Wildman–Crippen MR) is 96.7 cm³/mol. The summed E-state index contributed by atoms with van der Waals surface area (Å²) in [6.45, 7) is 2.31. The van der Waals surface area contributed by atoms with Crippen LogP contribution in [0.15, 0.2) is 24.3 Å². The average Bonchev–Trinajstić information content (AvgIpc) is 2.84. The van der Waals surface area contributed by atoms with Crippen LogP contribution in [0.25, 0.3) is 0 Å². The quantitative estimate of drug-likeness (QED) is 0.507. The average molecular weight is 365 g/mol. The van der Waals surface area contributed by atoms with Crippen LogP contribution in [0.2, 0.25) is 0 Å². The Bertz CT molecular complexity index is 638. The summed E-state index contributed by atoms with van der Waals surface area (Å²) in [5.41, 5.74) is 1.09. The Labute approximate surface area is 151 Å². The third kappa shape index (κ3) is 5.67. The summed E-state index contributed by atoms with van der Waals surface area (Å²) >= 11 is 1.60. The van der Waals surface area contributed by atoms with Crippen LogP contribution in [0.3, 0.4) is 0 Å². The summed E-state index contributed by atoms with van der Waals surface area (Å²) in [6, 6.07) is 6.58. The van der Waals surface area contributed by atoms with Gasteiger partial charge in [-0.15, -0.1) is 0 Å². The third-order valence-electron chi connectivity index (χ3n) is 3.70. The number of rotatable bonds is 9. The number of urea groups is 1. The van der Waals surface area contributed by atoms with Gasteiger partial charge in [0, 0.05) is 0 Å². The highest BCUT2D eigenvalue weighted by molar-refractivity contribution is 7.98. The molecule has 1 aliphatic rings. The fourth-order valence-corrected chi connectivity index (χ4v) is 2.89. The molecule has 7 nitrogen and oxygen atoms in total. The number of hydrogen-bond acceptors (Lipinski definition) is 5. The number of nitrogens with one attached hydrogen (secondary N) is 2. The van der Waals surface area contributed by atoms with Gasteiger partial charge in [-0.2, -0.15) is 11.8 Å². The molecule has 1 fully saturated rings. The van der Waals surface area contributed by atoms with E-state index in [4.69, 9.17) is 4.74 Å². The lowest BCUT2D eigenvalue weighted by atomic mass is 10.2. The molecule has 1 heterocycles. The standard InChI is InChI=1S/C17H23N3O4S/c1-12-4-3-5-13(10-12)24-8-7-18-15(21)11-20-16(22)14(6-9-25-2)19-17(20)23/h3-5,10,14H,6-9,11H2,1-2H3,(H,18,21)(H,19,23). The number of carbonyl (C=O) groups is 3. The number of imide groups is 1. The zero-order chi connectivity index (χ0) is 18.2. The number of nitrogens with zero attached hydrogens (tertiary/aromatic N) is 1. The van der Waals surface area contributed by atoms with Crippen molar-refractivity contribution >= 4 is 29.6 Å². The molecule has 1 saturated heterocycles. The van der Waals surface area contributed by atoms with Gasteiger partial charge in [0.15, 0.2) is 0 Å². The Balaban J connectivity index is 1.71. The van der Waals surface area contributed by atoms with Crippen molar-refractivity contribution in [1.82, 2.24) is 15.5 Å². The molecule has 1 aromatic carbocycles. The van der Waals surface area contributed by atoms with Gasteiger partial charge in [0.2, 0.25) is 5.91 Å². The molecule has 25 heavy (non-hydrogen) atoms. The minimum absolute atomic E-state index is 0.273. The second kappa shape index (κ2) is 9.31. The Kier molecular flexibility index (Phi) is 7.12. The molecule has 4 amide bonds. The highest BCUT2D eigenvalue weighted by Crippen LogP contribution is 2.12. The van der Waals surface area contributed by atoms with Gasteiger partial charge in [0.1, 0.15) is 24.9 Å². The van der Waals surface area contributed by atoms with Gasteiger partial charge in [0.25, 0.3) is 5.91 Å². The second-order valence-corrected chi connectivity index (χ2v) is 6.71. The summed E-state index contributed by atoms with van der Waals surface area (Å²) < 4.78 is 5.53. The van der Waals surface area contributed by atoms with Gasteiger partial charge >= 0.3 is 6.03 Å². The zero-order valence-electron chi connectivity index (χ0n) is 14.4. The van der Waals surface area contributed by atoms with Crippen molar-refractivity contribution in [2.75, 3.05) is 31.7 Å². The van der Waals surface area contributed by atoms with Gasteiger partial charge in [-0.3, -0.25) is 14.5 Å². The number of hydrogen-bond donors (Lipinski definition) is 2. The number of ether oxygens (including phenoxy) is 1. The van der Waals surface area contributed by atoms with Crippen molar-refractivity contribution in [3.8, 4) is 5.75 Å². The van der Waals surface area contributed by atoms with E-state index in [0.717, 1.165) is 22.0 Å². The molecule has 0 aromatic heterocycles. The summed E-state index contributed by atoms with van der Waals surface area (Å²) in [6.07, 6.45) is 2.50. The minimum atomic E-state index is -0.530. The fourth-order valence-electron chi connectivity index (χ4n) is 2.42. The van der Waals surface area contributed by atoms with Crippen LogP contribution in [-0.4, -0.2) is 60.5 Å². The highest BCUT2D eigenvalue weighted by atomic mass is 32.2. The van der Waals surface area contributed by atoms with E-state index in [-0.39, 0.29) is 18.4 Å². The van der Waals surface area contributed by atoms with E-state index in [1.54, 1.807) is 11.8 Å². The van der Waals surface area contributed by atoms with E-state index in [1.807, 2.05) is 37.4 Å². The van der Waals surface area contributed by atoms with Crippen molar-refractivity contribution < 1.29 is 19.1 Å².